The third kappa shape index (κ3) is 3.53. The van der Waals surface area contributed by atoms with Gasteiger partial charge in [0.2, 0.25) is 0 Å². The standard InChI is InChI=1S/C20H24N2O2/c1-15-11-13-22(14-12-15)18-9-5-4-8-17(18)21-20(23)16-7-3-6-10-19(16)24-2/h3-10,15H,11-14H2,1-2H3,(H,21,23). The van der Waals surface area contributed by atoms with Crippen LogP contribution in [0.25, 0.3) is 0 Å². The van der Waals surface area contributed by atoms with E-state index in [9.17, 15) is 4.79 Å². The minimum absolute atomic E-state index is 0.148. The van der Waals surface area contributed by atoms with E-state index in [1.807, 2.05) is 30.3 Å². The van der Waals surface area contributed by atoms with Crippen LogP contribution in [0.15, 0.2) is 48.5 Å². The minimum atomic E-state index is -0.148. The maximum absolute atomic E-state index is 12.7. The highest BCUT2D eigenvalue weighted by Gasteiger charge is 2.19. The van der Waals surface area contributed by atoms with Gasteiger partial charge in [-0.15, -0.1) is 0 Å². The number of nitrogens with zero attached hydrogens (tertiary/aromatic N) is 1. The van der Waals surface area contributed by atoms with Crippen LogP contribution in [-0.4, -0.2) is 26.1 Å². The first kappa shape index (κ1) is 16.4. The van der Waals surface area contributed by atoms with Crippen molar-refractivity contribution < 1.29 is 9.53 Å². The van der Waals surface area contributed by atoms with Crippen LogP contribution in [0.3, 0.4) is 0 Å². The van der Waals surface area contributed by atoms with Crippen molar-refractivity contribution in [2.75, 3.05) is 30.4 Å². The smallest absolute Gasteiger partial charge is 0.259 e. The minimum Gasteiger partial charge on any atom is -0.496 e. The molecule has 0 aromatic heterocycles. The number of carbonyl (C=O) groups excluding carboxylic acids is 1. The summed E-state index contributed by atoms with van der Waals surface area (Å²) in [5.41, 5.74) is 2.48. The van der Waals surface area contributed by atoms with Crippen LogP contribution in [0.5, 0.6) is 5.75 Å². The van der Waals surface area contributed by atoms with Gasteiger partial charge in [0.25, 0.3) is 5.91 Å². The van der Waals surface area contributed by atoms with E-state index in [-0.39, 0.29) is 5.91 Å². The molecule has 1 amide bonds. The summed E-state index contributed by atoms with van der Waals surface area (Å²) in [6.07, 6.45) is 2.38. The topological polar surface area (TPSA) is 41.6 Å². The van der Waals surface area contributed by atoms with Gasteiger partial charge in [-0.05, 0) is 43.0 Å². The molecule has 126 valence electrons. The third-order valence-corrected chi connectivity index (χ3v) is 4.63. The van der Waals surface area contributed by atoms with Crippen LogP contribution in [-0.2, 0) is 0 Å². The molecule has 0 atom stereocenters. The number of carbonyl (C=O) groups is 1. The quantitative estimate of drug-likeness (QED) is 0.917. The van der Waals surface area contributed by atoms with Crippen molar-refractivity contribution in [2.24, 2.45) is 5.92 Å². The molecule has 0 bridgehead atoms. The van der Waals surface area contributed by atoms with Crippen LogP contribution in [0.4, 0.5) is 11.4 Å². The summed E-state index contributed by atoms with van der Waals surface area (Å²) in [7, 11) is 1.58. The Morgan fingerprint density at radius 3 is 2.50 bits per heavy atom. The molecule has 3 rings (SSSR count). The Balaban J connectivity index is 1.81. The monoisotopic (exact) mass is 324 g/mol. The second-order valence-electron chi connectivity index (χ2n) is 6.34. The van der Waals surface area contributed by atoms with Crippen molar-refractivity contribution in [3.63, 3.8) is 0 Å². The van der Waals surface area contributed by atoms with Gasteiger partial charge in [-0.25, -0.2) is 0 Å². The molecule has 0 unspecified atom stereocenters. The highest BCUT2D eigenvalue weighted by Crippen LogP contribution is 2.30. The summed E-state index contributed by atoms with van der Waals surface area (Å²) in [5.74, 6) is 1.21. The van der Waals surface area contributed by atoms with Crippen LogP contribution < -0.4 is 15.0 Å². The predicted molar refractivity (Wildman–Crippen MR) is 98.0 cm³/mol. The highest BCUT2D eigenvalue weighted by molar-refractivity contribution is 6.07. The molecule has 0 radical (unpaired) electrons. The van der Waals surface area contributed by atoms with Gasteiger partial charge in [-0.1, -0.05) is 31.2 Å². The first-order valence-corrected chi connectivity index (χ1v) is 8.47. The summed E-state index contributed by atoms with van der Waals surface area (Å²) >= 11 is 0. The Labute approximate surface area is 143 Å². The van der Waals surface area contributed by atoms with E-state index < -0.39 is 0 Å². The van der Waals surface area contributed by atoms with Crippen molar-refractivity contribution in [3.8, 4) is 5.75 Å². The molecule has 2 aromatic carbocycles. The fourth-order valence-corrected chi connectivity index (χ4v) is 3.13. The van der Waals surface area contributed by atoms with Gasteiger partial charge in [0, 0.05) is 13.1 Å². The summed E-state index contributed by atoms with van der Waals surface area (Å²) < 4.78 is 5.29. The Hall–Kier alpha value is -2.49. The molecule has 0 saturated carbocycles. The number of anilines is 2. The lowest BCUT2D eigenvalue weighted by Gasteiger charge is -2.33. The molecule has 4 nitrogen and oxygen atoms in total. The molecule has 1 aliphatic heterocycles. The molecular formula is C20H24N2O2. The molecule has 1 N–H and O–H groups in total. The zero-order chi connectivity index (χ0) is 16.9. The molecule has 1 aliphatic rings. The predicted octanol–water partition coefficient (Wildman–Crippen LogP) is 4.18. The molecule has 1 fully saturated rings. The lowest BCUT2D eigenvalue weighted by molar-refractivity contribution is 0.102. The van der Waals surface area contributed by atoms with Gasteiger partial charge in [-0.2, -0.15) is 0 Å². The fraction of sp³-hybridized carbons (Fsp3) is 0.350. The normalized spacial score (nSPS) is 15.2. The Morgan fingerprint density at radius 1 is 1.08 bits per heavy atom. The molecule has 24 heavy (non-hydrogen) atoms. The molecular weight excluding hydrogens is 300 g/mol. The van der Waals surface area contributed by atoms with Crippen molar-refractivity contribution in [1.82, 2.24) is 0 Å². The van der Waals surface area contributed by atoms with Crippen molar-refractivity contribution in [2.45, 2.75) is 19.8 Å². The molecule has 0 aliphatic carbocycles. The summed E-state index contributed by atoms with van der Waals surface area (Å²) in [4.78, 5) is 15.0. The average molecular weight is 324 g/mol. The number of amides is 1. The number of hydrogen-bond acceptors (Lipinski definition) is 3. The lowest BCUT2D eigenvalue weighted by atomic mass is 9.98. The van der Waals surface area contributed by atoms with E-state index in [0.29, 0.717) is 11.3 Å². The molecule has 1 saturated heterocycles. The van der Waals surface area contributed by atoms with Crippen molar-refractivity contribution in [3.05, 3.63) is 54.1 Å². The number of piperidine rings is 1. The second kappa shape index (κ2) is 7.39. The first-order chi connectivity index (χ1) is 11.7. The summed E-state index contributed by atoms with van der Waals surface area (Å²) in [6, 6.07) is 15.3. The Kier molecular flexibility index (Phi) is 5.04. The Morgan fingerprint density at radius 2 is 1.75 bits per heavy atom. The number of rotatable bonds is 4. The van der Waals surface area contributed by atoms with Gasteiger partial charge < -0.3 is 15.0 Å². The maximum atomic E-state index is 12.7. The molecule has 1 heterocycles. The molecule has 0 spiro atoms. The second-order valence-corrected chi connectivity index (χ2v) is 6.34. The Bertz CT molecular complexity index is 706. The number of para-hydroxylation sites is 3. The van der Waals surface area contributed by atoms with Crippen LogP contribution >= 0.6 is 0 Å². The van der Waals surface area contributed by atoms with E-state index in [2.05, 4.69) is 23.2 Å². The number of nitrogens with one attached hydrogen (secondary N) is 1. The van der Waals surface area contributed by atoms with E-state index in [1.165, 1.54) is 12.8 Å². The van der Waals surface area contributed by atoms with Crippen molar-refractivity contribution in [1.29, 1.82) is 0 Å². The SMILES string of the molecule is COc1ccccc1C(=O)Nc1ccccc1N1CCC(C)CC1. The fourth-order valence-electron chi connectivity index (χ4n) is 3.13. The zero-order valence-electron chi connectivity index (χ0n) is 14.3. The van der Waals surface area contributed by atoms with E-state index in [4.69, 9.17) is 4.74 Å². The lowest BCUT2D eigenvalue weighted by Crippen LogP contribution is -2.33. The number of methoxy groups -OCH3 is 1. The molecule has 2 aromatic rings. The number of ether oxygens (including phenoxy) is 1. The van der Waals surface area contributed by atoms with Crippen LogP contribution in [0.1, 0.15) is 30.1 Å². The van der Waals surface area contributed by atoms with Gasteiger partial charge in [0.05, 0.1) is 24.0 Å². The van der Waals surface area contributed by atoms with Crippen LogP contribution in [0, 0.1) is 5.92 Å². The third-order valence-electron chi connectivity index (χ3n) is 4.63. The van der Waals surface area contributed by atoms with E-state index in [1.54, 1.807) is 19.2 Å². The van der Waals surface area contributed by atoms with Gasteiger partial charge in [0.1, 0.15) is 5.75 Å². The summed E-state index contributed by atoms with van der Waals surface area (Å²) in [5, 5.41) is 3.05. The van der Waals surface area contributed by atoms with E-state index in [0.717, 1.165) is 30.4 Å². The van der Waals surface area contributed by atoms with Crippen molar-refractivity contribution >= 4 is 17.3 Å². The summed E-state index contributed by atoms with van der Waals surface area (Å²) in [6.45, 7) is 4.36. The van der Waals surface area contributed by atoms with Gasteiger partial charge in [0.15, 0.2) is 0 Å². The highest BCUT2D eigenvalue weighted by atomic mass is 16.5. The largest absolute Gasteiger partial charge is 0.496 e. The number of benzene rings is 2. The average Bonchev–Trinajstić information content (AvgIpc) is 2.63. The maximum Gasteiger partial charge on any atom is 0.259 e. The van der Waals surface area contributed by atoms with E-state index >= 15 is 0 Å². The first-order valence-electron chi connectivity index (χ1n) is 8.47. The van der Waals surface area contributed by atoms with Gasteiger partial charge >= 0.3 is 0 Å². The van der Waals surface area contributed by atoms with Gasteiger partial charge in [-0.3, -0.25) is 4.79 Å². The zero-order valence-corrected chi connectivity index (χ0v) is 14.3. The number of hydrogen-bond donors (Lipinski definition) is 1. The molecule has 4 heteroatoms. The van der Waals surface area contributed by atoms with Crippen LogP contribution in [0.2, 0.25) is 0 Å².